The Bertz CT molecular complexity index is 2300. The Balaban J connectivity index is 1.27. The molecular weight excluding hydrogens is 666 g/mol. The van der Waals surface area contributed by atoms with Gasteiger partial charge < -0.3 is 14.8 Å². The first-order valence-corrected chi connectivity index (χ1v) is 18.3. The summed E-state index contributed by atoms with van der Waals surface area (Å²) in [5, 5.41) is 7.83. The molecule has 274 valence electrons. The van der Waals surface area contributed by atoms with Crippen LogP contribution in [0.25, 0.3) is 27.7 Å². The Morgan fingerprint density at radius 1 is 0.811 bits per heavy atom. The number of benzene rings is 5. The lowest BCUT2D eigenvalue weighted by molar-refractivity contribution is -0.122. The monoisotopic (exact) mass is 713 g/mol. The van der Waals surface area contributed by atoms with Gasteiger partial charge in [0.15, 0.2) is 6.10 Å². The number of fused-ring (bicyclic) bond motifs is 1. The van der Waals surface area contributed by atoms with Crippen molar-refractivity contribution < 1.29 is 18.7 Å². The minimum atomic E-state index is -0.728. The van der Waals surface area contributed by atoms with E-state index in [0.717, 1.165) is 29.2 Å². The molecular formula is C45H48FN3O4. The Kier molecular flexibility index (Phi) is 10.6. The van der Waals surface area contributed by atoms with Crippen LogP contribution >= 0.6 is 0 Å². The van der Waals surface area contributed by atoms with Gasteiger partial charge in [-0.2, -0.15) is 0 Å². The molecule has 0 bridgehead atoms. The topological polar surface area (TPSA) is 85.3 Å². The van der Waals surface area contributed by atoms with Crippen LogP contribution in [-0.4, -0.2) is 21.8 Å². The molecule has 1 atom stereocenters. The van der Waals surface area contributed by atoms with Gasteiger partial charge in [-0.05, 0) is 89.6 Å². The summed E-state index contributed by atoms with van der Waals surface area (Å²) < 4.78 is 29.2. The van der Waals surface area contributed by atoms with Gasteiger partial charge in [-0.15, -0.1) is 0 Å². The number of hydrogen-bond donors (Lipinski definition) is 2. The first-order chi connectivity index (χ1) is 25.4. The van der Waals surface area contributed by atoms with Gasteiger partial charge in [0.25, 0.3) is 5.91 Å². The van der Waals surface area contributed by atoms with E-state index in [2.05, 4.69) is 64.1 Å². The summed E-state index contributed by atoms with van der Waals surface area (Å²) in [6, 6.07) is 32.7. The number of nitrogens with zero attached hydrogens (tertiary/aromatic N) is 1. The summed E-state index contributed by atoms with van der Waals surface area (Å²) in [7, 11) is 0. The van der Waals surface area contributed by atoms with Crippen LogP contribution in [0.2, 0.25) is 0 Å². The van der Waals surface area contributed by atoms with Crippen LogP contribution < -0.4 is 20.3 Å². The van der Waals surface area contributed by atoms with E-state index in [9.17, 15) is 9.59 Å². The van der Waals surface area contributed by atoms with Gasteiger partial charge in [-0.1, -0.05) is 109 Å². The van der Waals surface area contributed by atoms with E-state index in [1.807, 2.05) is 49.4 Å². The van der Waals surface area contributed by atoms with Crippen LogP contribution in [-0.2, 0) is 15.6 Å². The maximum absolute atomic E-state index is 15.1. The molecule has 2 N–H and O–H groups in total. The number of ether oxygens (including phenoxy) is 2. The molecule has 0 aliphatic rings. The fourth-order valence-corrected chi connectivity index (χ4v) is 6.31. The van der Waals surface area contributed by atoms with E-state index in [1.165, 1.54) is 16.3 Å². The number of carbonyl (C=O) groups excluding carboxylic acids is 1. The van der Waals surface area contributed by atoms with Crippen LogP contribution in [0, 0.1) is 5.82 Å². The molecule has 0 radical (unpaired) electrons. The zero-order chi connectivity index (χ0) is 37.9. The third kappa shape index (κ3) is 7.63. The molecule has 0 spiro atoms. The second-order valence-electron chi connectivity index (χ2n) is 14.8. The quantitative estimate of drug-likeness (QED) is 0.125. The lowest BCUT2D eigenvalue weighted by atomic mass is 9.76. The smallest absolute Gasteiger partial charge is 0.314 e. The first kappa shape index (κ1) is 37.1. The first-order valence-electron chi connectivity index (χ1n) is 18.3. The summed E-state index contributed by atoms with van der Waals surface area (Å²) in [5.74, 6) is 0.372. The number of rotatable bonds is 13. The van der Waals surface area contributed by atoms with Crippen LogP contribution in [0.15, 0.2) is 114 Å². The summed E-state index contributed by atoms with van der Waals surface area (Å²) in [5.41, 5.74) is 3.12. The fourth-order valence-electron chi connectivity index (χ4n) is 6.31. The maximum Gasteiger partial charge on any atom is 0.314 e. The highest BCUT2D eigenvalue weighted by Gasteiger charge is 2.29. The molecule has 6 rings (SSSR count). The molecule has 0 fully saturated rings. The average Bonchev–Trinajstić information content (AvgIpc) is 3.48. The molecule has 0 aliphatic carbocycles. The molecule has 1 amide bonds. The Morgan fingerprint density at radius 3 is 2.19 bits per heavy atom. The highest BCUT2D eigenvalue weighted by Crippen LogP contribution is 2.39. The average molecular weight is 714 g/mol. The van der Waals surface area contributed by atoms with Crippen molar-refractivity contribution in [2.24, 2.45) is 0 Å². The summed E-state index contributed by atoms with van der Waals surface area (Å²) >= 11 is 0. The normalized spacial score (nSPS) is 12.5. The third-order valence-electron chi connectivity index (χ3n) is 10.5. The van der Waals surface area contributed by atoms with Crippen LogP contribution in [0.4, 0.5) is 10.1 Å². The van der Waals surface area contributed by atoms with E-state index < -0.39 is 17.5 Å². The molecule has 1 heterocycles. The largest absolute Gasteiger partial charge is 0.480 e. The highest BCUT2D eigenvalue weighted by atomic mass is 19.1. The maximum atomic E-state index is 15.1. The van der Waals surface area contributed by atoms with Crippen molar-refractivity contribution in [3.05, 3.63) is 136 Å². The van der Waals surface area contributed by atoms with E-state index in [0.29, 0.717) is 29.3 Å². The predicted molar refractivity (Wildman–Crippen MR) is 212 cm³/mol. The minimum Gasteiger partial charge on any atom is -0.480 e. The molecule has 0 saturated heterocycles. The van der Waals surface area contributed by atoms with Gasteiger partial charge in [0.1, 0.15) is 23.0 Å². The van der Waals surface area contributed by atoms with Gasteiger partial charge in [0.2, 0.25) is 5.75 Å². The number of aromatic amines is 1. The van der Waals surface area contributed by atoms with Gasteiger partial charge >= 0.3 is 5.56 Å². The van der Waals surface area contributed by atoms with E-state index in [4.69, 9.17) is 9.47 Å². The molecule has 53 heavy (non-hydrogen) atoms. The van der Waals surface area contributed by atoms with Crippen molar-refractivity contribution in [2.75, 3.05) is 5.32 Å². The lowest BCUT2D eigenvalue weighted by Crippen LogP contribution is -2.33. The zero-order valence-electron chi connectivity index (χ0n) is 31.5. The summed E-state index contributed by atoms with van der Waals surface area (Å²) in [4.78, 5) is 27.6. The van der Waals surface area contributed by atoms with Crippen LogP contribution in [0.1, 0.15) is 78.9 Å². The standard InChI is InChI=1S/C45H48FN3O4/c1-8-37(52-39-27-22-30(44(4,5)9-2)28-35(39)45(6,7)10-3)42(50)47-31-23-25-32(26-24-31)49-43(51)41(40(48-49)34-19-13-14-20-36(34)46)53-38-21-15-17-29-16-11-12-18-33(29)38/h11-28,37,48H,8-10H2,1-7H3,(H,47,50). The molecule has 0 saturated carbocycles. The van der Waals surface area contributed by atoms with Crippen molar-refractivity contribution in [3.8, 4) is 34.2 Å². The third-order valence-corrected chi connectivity index (χ3v) is 10.5. The molecule has 0 aliphatic heterocycles. The number of aromatic nitrogens is 2. The van der Waals surface area contributed by atoms with Gasteiger partial charge in [-0.3, -0.25) is 14.7 Å². The van der Waals surface area contributed by atoms with E-state index >= 15 is 4.39 Å². The summed E-state index contributed by atoms with van der Waals surface area (Å²) in [6.45, 7) is 15.2. The number of H-pyrrole nitrogens is 1. The highest BCUT2D eigenvalue weighted by molar-refractivity contribution is 5.94. The lowest BCUT2D eigenvalue weighted by Gasteiger charge is -2.31. The van der Waals surface area contributed by atoms with Crippen molar-refractivity contribution >= 4 is 22.4 Å². The predicted octanol–water partition coefficient (Wildman–Crippen LogP) is 11.1. The van der Waals surface area contributed by atoms with Crippen LogP contribution in [0.5, 0.6) is 17.2 Å². The Morgan fingerprint density at radius 2 is 1.49 bits per heavy atom. The molecule has 7 nitrogen and oxygen atoms in total. The fraction of sp³-hybridized carbons (Fsp3) is 0.289. The molecule has 1 unspecified atom stereocenters. The molecule has 8 heteroatoms. The number of anilines is 1. The minimum absolute atomic E-state index is 0.0146. The zero-order valence-corrected chi connectivity index (χ0v) is 31.5. The number of nitrogens with one attached hydrogen (secondary N) is 2. The number of amides is 1. The number of halogens is 1. The van der Waals surface area contributed by atoms with Crippen molar-refractivity contribution in [1.82, 2.24) is 9.78 Å². The molecule has 5 aromatic carbocycles. The van der Waals surface area contributed by atoms with E-state index in [1.54, 1.807) is 48.5 Å². The van der Waals surface area contributed by atoms with Gasteiger partial charge in [0.05, 0.1) is 5.69 Å². The number of hydrogen-bond acceptors (Lipinski definition) is 4. The van der Waals surface area contributed by atoms with Gasteiger partial charge in [0, 0.05) is 22.2 Å². The molecule has 1 aromatic heterocycles. The van der Waals surface area contributed by atoms with Crippen molar-refractivity contribution in [2.45, 2.75) is 84.7 Å². The Labute approximate surface area is 310 Å². The molecule has 6 aromatic rings. The summed E-state index contributed by atoms with van der Waals surface area (Å²) in [6.07, 6.45) is 1.66. The SMILES string of the molecule is CCC(Oc1ccc(C(C)(C)CC)cc1C(C)(C)CC)C(=O)Nc1ccc(-n2[nH]c(-c3ccccc3F)c(Oc3cccc4ccccc34)c2=O)cc1. The second kappa shape index (κ2) is 15.2. The van der Waals surface area contributed by atoms with Crippen molar-refractivity contribution in [1.29, 1.82) is 0 Å². The van der Waals surface area contributed by atoms with E-state index in [-0.39, 0.29) is 33.7 Å². The second-order valence-corrected chi connectivity index (χ2v) is 14.8. The van der Waals surface area contributed by atoms with Crippen LogP contribution in [0.3, 0.4) is 0 Å². The Hall–Kier alpha value is -5.63. The van der Waals surface area contributed by atoms with Crippen molar-refractivity contribution in [3.63, 3.8) is 0 Å². The van der Waals surface area contributed by atoms with Gasteiger partial charge in [-0.25, -0.2) is 9.07 Å². The number of carbonyl (C=O) groups is 1.